The lowest BCUT2D eigenvalue weighted by molar-refractivity contribution is 0.382. The van der Waals surface area contributed by atoms with Gasteiger partial charge in [0.1, 0.15) is 11.5 Å². The van der Waals surface area contributed by atoms with Crippen molar-refractivity contribution in [2.45, 2.75) is 19.8 Å². The van der Waals surface area contributed by atoms with Crippen molar-refractivity contribution >= 4 is 0 Å². The molecule has 0 amide bonds. The molecule has 1 unspecified atom stereocenters. The molecule has 0 bridgehead atoms. The van der Waals surface area contributed by atoms with E-state index < -0.39 is 0 Å². The Kier molecular flexibility index (Phi) is 4.62. The van der Waals surface area contributed by atoms with E-state index in [0.29, 0.717) is 18.4 Å². The van der Waals surface area contributed by atoms with Crippen LogP contribution in [-0.2, 0) is 0 Å². The van der Waals surface area contributed by atoms with Crippen molar-refractivity contribution in [3.8, 4) is 11.5 Å². The Hall–Kier alpha value is -1.22. The molecule has 0 heterocycles. The van der Waals surface area contributed by atoms with Crippen molar-refractivity contribution in [3.63, 3.8) is 0 Å². The van der Waals surface area contributed by atoms with Crippen LogP contribution in [0.5, 0.6) is 11.5 Å². The molecule has 3 nitrogen and oxygen atoms in total. The highest BCUT2D eigenvalue weighted by atomic mass is 16.5. The van der Waals surface area contributed by atoms with E-state index in [2.05, 4.69) is 13.8 Å². The second-order valence-electron chi connectivity index (χ2n) is 4.19. The lowest BCUT2D eigenvalue weighted by Crippen LogP contribution is -2.18. The molecule has 0 fully saturated rings. The quantitative estimate of drug-likeness (QED) is 0.833. The maximum atomic E-state index is 5.81. The molecule has 0 saturated carbocycles. The molecule has 3 heteroatoms. The van der Waals surface area contributed by atoms with Crippen LogP contribution in [-0.4, -0.2) is 20.8 Å². The van der Waals surface area contributed by atoms with E-state index in [9.17, 15) is 0 Å². The average molecular weight is 223 g/mol. The van der Waals surface area contributed by atoms with E-state index in [0.717, 1.165) is 17.1 Å². The van der Waals surface area contributed by atoms with Gasteiger partial charge in [0.2, 0.25) is 0 Å². The lowest BCUT2D eigenvalue weighted by atomic mass is 9.88. The summed E-state index contributed by atoms with van der Waals surface area (Å²) in [6, 6.07) is 5.89. The molecule has 0 saturated heterocycles. The minimum absolute atomic E-state index is 0.320. The van der Waals surface area contributed by atoms with Gasteiger partial charge < -0.3 is 15.2 Å². The summed E-state index contributed by atoms with van der Waals surface area (Å²) >= 11 is 0. The molecule has 1 aromatic rings. The Morgan fingerprint density at radius 1 is 1.19 bits per heavy atom. The summed E-state index contributed by atoms with van der Waals surface area (Å²) in [5.41, 5.74) is 6.97. The maximum absolute atomic E-state index is 5.81. The van der Waals surface area contributed by atoms with Gasteiger partial charge in [0.05, 0.1) is 14.2 Å². The first-order chi connectivity index (χ1) is 7.63. The number of hydrogen-bond acceptors (Lipinski definition) is 3. The number of nitrogens with two attached hydrogens (primary N) is 1. The zero-order chi connectivity index (χ0) is 12.1. The Bertz CT molecular complexity index is 337. The molecule has 1 atom stereocenters. The van der Waals surface area contributed by atoms with Crippen LogP contribution in [0.15, 0.2) is 18.2 Å². The Balaban J connectivity index is 3.11. The highest BCUT2D eigenvalue weighted by Crippen LogP contribution is 2.33. The van der Waals surface area contributed by atoms with Crippen molar-refractivity contribution in [1.29, 1.82) is 0 Å². The fraction of sp³-hybridized carbons (Fsp3) is 0.538. The van der Waals surface area contributed by atoms with Crippen LogP contribution in [0.3, 0.4) is 0 Å². The second kappa shape index (κ2) is 5.75. The first-order valence-corrected chi connectivity index (χ1v) is 5.56. The van der Waals surface area contributed by atoms with Crippen LogP contribution >= 0.6 is 0 Å². The van der Waals surface area contributed by atoms with Crippen molar-refractivity contribution in [2.75, 3.05) is 20.8 Å². The summed E-state index contributed by atoms with van der Waals surface area (Å²) < 4.78 is 10.6. The van der Waals surface area contributed by atoms with Gasteiger partial charge in [-0.05, 0) is 24.1 Å². The van der Waals surface area contributed by atoms with Crippen molar-refractivity contribution in [2.24, 2.45) is 11.7 Å². The van der Waals surface area contributed by atoms with E-state index in [1.54, 1.807) is 14.2 Å². The molecule has 0 aliphatic rings. The maximum Gasteiger partial charge on any atom is 0.126 e. The van der Waals surface area contributed by atoms with Crippen LogP contribution in [0.1, 0.15) is 25.3 Å². The van der Waals surface area contributed by atoms with Crippen LogP contribution in [0.2, 0.25) is 0 Å². The van der Waals surface area contributed by atoms with Crippen molar-refractivity contribution < 1.29 is 9.47 Å². The zero-order valence-electron chi connectivity index (χ0n) is 10.5. The molecule has 1 aromatic carbocycles. The molecule has 1 rings (SSSR count). The summed E-state index contributed by atoms with van der Waals surface area (Å²) in [7, 11) is 3.32. The Morgan fingerprint density at radius 3 is 2.31 bits per heavy atom. The molecule has 90 valence electrons. The highest BCUT2D eigenvalue weighted by Gasteiger charge is 2.18. The third kappa shape index (κ3) is 2.67. The van der Waals surface area contributed by atoms with Crippen molar-refractivity contribution in [3.05, 3.63) is 23.8 Å². The van der Waals surface area contributed by atoms with Gasteiger partial charge in [0.15, 0.2) is 0 Å². The van der Waals surface area contributed by atoms with Gasteiger partial charge in [-0.1, -0.05) is 19.9 Å². The van der Waals surface area contributed by atoms with Gasteiger partial charge in [-0.25, -0.2) is 0 Å². The number of rotatable bonds is 5. The number of benzene rings is 1. The average Bonchev–Trinajstić information content (AvgIpc) is 2.29. The molecule has 0 aromatic heterocycles. The van der Waals surface area contributed by atoms with E-state index in [4.69, 9.17) is 15.2 Å². The smallest absolute Gasteiger partial charge is 0.126 e. The number of methoxy groups -OCH3 is 2. The van der Waals surface area contributed by atoms with E-state index in [1.165, 1.54) is 0 Å². The highest BCUT2D eigenvalue weighted by molar-refractivity contribution is 5.43. The SMILES string of the molecule is COc1ccc(C(CN)C(C)C)c(OC)c1. The molecule has 0 aliphatic heterocycles. The number of ether oxygens (including phenoxy) is 2. The van der Waals surface area contributed by atoms with Crippen LogP contribution in [0.4, 0.5) is 0 Å². The molecule has 0 spiro atoms. The molecular formula is C13H21NO2. The fourth-order valence-corrected chi connectivity index (χ4v) is 1.88. The van der Waals surface area contributed by atoms with Crippen LogP contribution in [0.25, 0.3) is 0 Å². The minimum Gasteiger partial charge on any atom is -0.497 e. The van der Waals surface area contributed by atoms with E-state index in [-0.39, 0.29) is 0 Å². The van der Waals surface area contributed by atoms with Gasteiger partial charge in [0, 0.05) is 12.0 Å². The van der Waals surface area contributed by atoms with Crippen molar-refractivity contribution in [1.82, 2.24) is 0 Å². The monoisotopic (exact) mass is 223 g/mol. The first kappa shape index (κ1) is 12.8. The Labute approximate surface area is 97.6 Å². The third-order valence-electron chi connectivity index (χ3n) is 2.90. The summed E-state index contributed by atoms with van der Waals surface area (Å²) in [4.78, 5) is 0. The largest absolute Gasteiger partial charge is 0.497 e. The molecule has 16 heavy (non-hydrogen) atoms. The predicted octanol–water partition coefficient (Wildman–Crippen LogP) is 2.40. The zero-order valence-corrected chi connectivity index (χ0v) is 10.5. The third-order valence-corrected chi connectivity index (χ3v) is 2.90. The van der Waals surface area contributed by atoms with Gasteiger partial charge in [0.25, 0.3) is 0 Å². The topological polar surface area (TPSA) is 44.5 Å². The Morgan fingerprint density at radius 2 is 1.88 bits per heavy atom. The lowest BCUT2D eigenvalue weighted by Gasteiger charge is -2.22. The van der Waals surface area contributed by atoms with Gasteiger partial charge >= 0.3 is 0 Å². The van der Waals surface area contributed by atoms with Gasteiger partial charge in [-0.15, -0.1) is 0 Å². The fourth-order valence-electron chi connectivity index (χ4n) is 1.88. The first-order valence-electron chi connectivity index (χ1n) is 5.56. The summed E-state index contributed by atoms with van der Waals surface area (Å²) in [6.45, 7) is 4.96. The molecule has 0 radical (unpaired) electrons. The second-order valence-corrected chi connectivity index (χ2v) is 4.19. The minimum atomic E-state index is 0.320. The summed E-state index contributed by atoms with van der Waals surface area (Å²) in [5, 5.41) is 0. The van der Waals surface area contributed by atoms with Crippen LogP contribution in [0, 0.1) is 5.92 Å². The summed E-state index contributed by atoms with van der Waals surface area (Å²) in [5.74, 6) is 2.47. The van der Waals surface area contributed by atoms with E-state index in [1.807, 2.05) is 18.2 Å². The van der Waals surface area contributed by atoms with Crippen LogP contribution < -0.4 is 15.2 Å². The standard InChI is InChI=1S/C13H21NO2/c1-9(2)12(8-14)11-6-5-10(15-3)7-13(11)16-4/h5-7,9,12H,8,14H2,1-4H3. The molecule has 0 aliphatic carbocycles. The van der Waals surface area contributed by atoms with E-state index >= 15 is 0 Å². The molecule has 2 N–H and O–H groups in total. The van der Waals surface area contributed by atoms with Gasteiger partial charge in [-0.2, -0.15) is 0 Å². The normalized spacial score (nSPS) is 12.6. The summed E-state index contributed by atoms with van der Waals surface area (Å²) in [6.07, 6.45) is 0. The predicted molar refractivity (Wildman–Crippen MR) is 66.2 cm³/mol. The number of hydrogen-bond donors (Lipinski definition) is 1. The molecular weight excluding hydrogens is 202 g/mol. The van der Waals surface area contributed by atoms with Gasteiger partial charge in [-0.3, -0.25) is 0 Å².